The van der Waals surface area contributed by atoms with Gasteiger partial charge in [0, 0.05) is 18.5 Å². The van der Waals surface area contributed by atoms with Crippen LogP contribution in [-0.2, 0) is 37.5 Å². The first-order chi connectivity index (χ1) is 15.2. The number of amides is 1. The molecule has 2 aromatic carbocycles. The van der Waals surface area contributed by atoms with E-state index in [1.54, 1.807) is 50.4 Å². The maximum Gasteiger partial charge on any atom is 0.425 e. The highest BCUT2D eigenvalue weighted by Crippen LogP contribution is 2.30. The van der Waals surface area contributed by atoms with E-state index in [1.807, 2.05) is 12.1 Å². The average molecular weight is 463 g/mol. The number of hydrogen-bond donors (Lipinski definition) is 0. The second kappa shape index (κ2) is 9.90. The fourth-order valence-corrected chi connectivity index (χ4v) is 5.21. The molecule has 172 valence electrons. The van der Waals surface area contributed by atoms with Crippen molar-refractivity contribution in [2.75, 3.05) is 24.6 Å². The van der Waals surface area contributed by atoms with Gasteiger partial charge in [0.2, 0.25) is 0 Å². The van der Waals surface area contributed by atoms with Gasteiger partial charge >= 0.3 is 22.3 Å². The Labute approximate surface area is 187 Å². The van der Waals surface area contributed by atoms with Crippen LogP contribution in [-0.4, -0.2) is 51.1 Å². The fourth-order valence-electron chi connectivity index (χ4n) is 3.50. The van der Waals surface area contributed by atoms with Gasteiger partial charge in [0.15, 0.2) is 0 Å². The van der Waals surface area contributed by atoms with Gasteiger partial charge in [-0.25, -0.2) is 9.10 Å². The summed E-state index contributed by atoms with van der Waals surface area (Å²) in [6.07, 6.45) is -0.544. The first kappa shape index (κ1) is 23.4. The Morgan fingerprint density at radius 3 is 2.47 bits per heavy atom. The van der Waals surface area contributed by atoms with Crippen molar-refractivity contribution in [3.05, 3.63) is 59.7 Å². The number of rotatable bonds is 9. The third kappa shape index (κ3) is 5.13. The second-order valence-electron chi connectivity index (χ2n) is 7.30. The topological polar surface area (TPSA) is 102 Å². The molecule has 1 atom stereocenters. The molecule has 1 aliphatic heterocycles. The van der Waals surface area contributed by atoms with Gasteiger partial charge in [0.25, 0.3) is 0 Å². The molecule has 32 heavy (non-hydrogen) atoms. The van der Waals surface area contributed by atoms with E-state index in [2.05, 4.69) is 0 Å². The van der Waals surface area contributed by atoms with E-state index in [9.17, 15) is 18.0 Å². The van der Waals surface area contributed by atoms with Crippen molar-refractivity contribution >= 4 is 28.0 Å². The summed E-state index contributed by atoms with van der Waals surface area (Å²) in [5, 5.41) is 0. The molecule has 1 saturated heterocycles. The molecule has 0 bridgehead atoms. The van der Waals surface area contributed by atoms with Gasteiger partial charge in [0.1, 0.15) is 19.0 Å². The predicted molar refractivity (Wildman–Crippen MR) is 118 cm³/mol. The summed E-state index contributed by atoms with van der Waals surface area (Å²) in [6.45, 7) is 2.86. The van der Waals surface area contributed by atoms with E-state index < -0.39 is 28.3 Å². The van der Waals surface area contributed by atoms with Gasteiger partial charge in [0.05, 0.1) is 19.3 Å². The average Bonchev–Trinajstić information content (AvgIpc) is 3.20. The number of ether oxygens (including phenoxy) is 3. The summed E-state index contributed by atoms with van der Waals surface area (Å²) < 4.78 is 44.3. The van der Waals surface area contributed by atoms with Crippen LogP contribution in [0.1, 0.15) is 25.0 Å². The summed E-state index contributed by atoms with van der Waals surface area (Å²) in [5.74, 6) is 0.209. The van der Waals surface area contributed by atoms with Crippen molar-refractivity contribution in [1.82, 2.24) is 4.31 Å². The van der Waals surface area contributed by atoms with Crippen LogP contribution in [0.5, 0.6) is 5.75 Å². The molecule has 0 aromatic heterocycles. The van der Waals surface area contributed by atoms with Crippen LogP contribution in [0.2, 0.25) is 0 Å². The van der Waals surface area contributed by atoms with E-state index in [-0.39, 0.29) is 19.8 Å². The number of benzene rings is 2. The van der Waals surface area contributed by atoms with E-state index >= 15 is 0 Å². The minimum atomic E-state index is -4.27. The molecule has 1 amide bonds. The zero-order valence-corrected chi connectivity index (χ0v) is 19.0. The smallest absolute Gasteiger partial charge is 0.425 e. The summed E-state index contributed by atoms with van der Waals surface area (Å²) in [5.41, 5.74) is 1.72. The Morgan fingerprint density at radius 1 is 1.19 bits per heavy atom. The SMILES string of the molecule is COc1ccc(C[C@H](C)N(c2ccccc2COC(C)=O)S(=O)(=O)N2CCOC2=O)cc1. The number of anilines is 1. The highest BCUT2D eigenvalue weighted by atomic mass is 32.2. The first-order valence-electron chi connectivity index (χ1n) is 10.1. The number of methoxy groups -OCH3 is 1. The van der Waals surface area contributed by atoms with Crippen molar-refractivity contribution < 1.29 is 32.2 Å². The van der Waals surface area contributed by atoms with Crippen LogP contribution in [0.4, 0.5) is 10.5 Å². The Hall–Kier alpha value is -3.27. The lowest BCUT2D eigenvalue weighted by atomic mass is 10.1. The lowest BCUT2D eigenvalue weighted by Gasteiger charge is -2.34. The van der Waals surface area contributed by atoms with Crippen LogP contribution in [0.25, 0.3) is 0 Å². The van der Waals surface area contributed by atoms with Gasteiger partial charge in [-0.1, -0.05) is 30.3 Å². The minimum Gasteiger partial charge on any atom is -0.497 e. The molecule has 0 N–H and O–H groups in total. The molecule has 0 spiro atoms. The molecular formula is C22H26N2O7S. The second-order valence-corrected chi connectivity index (χ2v) is 9.03. The fraction of sp³-hybridized carbons (Fsp3) is 0.364. The summed E-state index contributed by atoms with van der Waals surface area (Å²) in [7, 11) is -2.70. The quantitative estimate of drug-likeness (QED) is 0.528. The highest BCUT2D eigenvalue weighted by molar-refractivity contribution is 7.91. The van der Waals surface area contributed by atoms with Crippen molar-refractivity contribution in [1.29, 1.82) is 0 Å². The third-order valence-corrected chi connectivity index (χ3v) is 6.94. The van der Waals surface area contributed by atoms with Gasteiger partial charge < -0.3 is 14.2 Å². The molecule has 0 radical (unpaired) electrons. The normalized spacial score (nSPS) is 14.6. The van der Waals surface area contributed by atoms with Crippen LogP contribution >= 0.6 is 0 Å². The number of esters is 1. The lowest BCUT2D eigenvalue weighted by Crippen LogP contribution is -2.49. The monoisotopic (exact) mass is 462 g/mol. The Balaban J connectivity index is 2.01. The van der Waals surface area contributed by atoms with Crippen LogP contribution in [0, 0.1) is 0 Å². The molecule has 1 fully saturated rings. The first-order valence-corrected chi connectivity index (χ1v) is 11.5. The predicted octanol–water partition coefficient (Wildman–Crippen LogP) is 2.89. The Morgan fingerprint density at radius 2 is 1.88 bits per heavy atom. The Kier molecular flexibility index (Phi) is 7.24. The summed E-state index contributed by atoms with van der Waals surface area (Å²) in [6, 6.07) is 13.5. The van der Waals surface area contributed by atoms with Crippen LogP contribution < -0.4 is 9.04 Å². The lowest BCUT2D eigenvalue weighted by molar-refractivity contribution is -0.142. The molecule has 0 aliphatic carbocycles. The molecule has 1 aliphatic rings. The zero-order chi connectivity index (χ0) is 23.3. The summed E-state index contributed by atoms with van der Waals surface area (Å²) in [4.78, 5) is 23.5. The number of para-hydroxylation sites is 1. The maximum atomic E-state index is 13.6. The van der Waals surface area contributed by atoms with Crippen LogP contribution in [0.3, 0.4) is 0 Å². The summed E-state index contributed by atoms with van der Waals surface area (Å²) >= 11 is 0. The number of carbonyl (C=O) groups is 2. The number of carbonyl (C=O) groups excluding carboxylic acids is 2. The van der Waals surface area contributed by atoms with Gasteiger partial charge in [-0.3, -0.25) is 4.79 Å². The Bertz CT molecular complexity index is 1070. The van der Waals surface area contributed by atoms with E-state index in [1.165, 1.54) is 11.2 Å². The van der Waals surface area contributed by atoms with Gasteiger partial charge in [-0.15, -0.1) is 0 Å². The zero-order valence-electron chi connectivity index (χ0n) is 18.2. The van der Waals surface area contributed by atoms with Crippen LogP contribution in [0.15, 0.2) is 48.5 Å². The largest absolute Gasteiger partial charge is 0.497 e. The number of cyclic esters (lactones) is 1. The molecular weight excluding hydrogens is 436 g/mol. The van der Waals surface area contributed by atoms with Gasteiger partial charge in [-0.05, 0) is 37.1 Å². The van der Waals surface area contributed by atoms with Crippen molar-refractivity contribution in [3.63, 3.8) is 0 Å². The third-order valence-electron chi connectivity index (χ3n) is 5.00. The van der Waals surface area contributed by atoms with E-state index in [4.69, 9.17) is 14.2 Å². The molecule has 1 heterocycles. The maximum absolute atomic E-state index is 13.6. The highest BCUT2D eigenvalue weighted by Gasteiger charge is 2.41. The standard InChI is InChI=1S/C22H26N2O7S/c1-16(14-18-8-10-20(29-3)11-9-18)24(32(27,28)23-12-13-30-22(23)26)21-7-5-4-6-19(21)15-31-17(2)25/h4-11,16H,12-15H2,1-3H3/t16-/m0/s1. The van der Waals surface area contributed by atoms with E-state index in [0.29, 0.717) is 23.4 Å². The molecule has 9 nitrogen and oxygen atoms in total. The van der Waals surface area contributed by atoms with Crippen molar-refractivity contribution in [2.24, 2.45) is 0 Å². The molecule has 10 heteroatoms. The minimum absolute atomic E-state index is 0.00609. The van der Waals surface area contributed by atoms with Gasteiger partial charge in [-0.2, -0.15) is 12.7 Å². The molecule has 2 aromatic rings. The molecule has 0 saturated carbocycles. The number of nitrogens with zero attached hydrogens (tertiary/aromatic N) is 2. The molecule has 0 unspecified atom stereocenters. The van der Waals surface area contributed by atoms with E-state index in [0.717, 1.165) is 9.87 Å². The van der Waals surface area contributed by atoms with Crippen molar-refractivity contribution in [3.8, 4) is 5.75 Å². The van der Waals surface area contributed by atoms with Crippen molar-refractivity contribution in [2.45, 2.75) is 32.9 Å². The molecule has 3 rings (SSSR count). The number of hydrogen-bond acceptors (Lipinski definition) is 7.